The Morgan fingerprint density at radius 3 is 2.62 bits per heavy atom. The van der Waals surface area contributed by atoms with Crippen LogP contribution in [-0.4, -0.2) is 11.7 Å². The van der Waals surface area contributed by atoms with Gasteiger partial charge < -0.3 is 4.74 Å². The van der Waals surface area contributed by atoms with E-state index in [0.717, 1.165) is 5.69 Å². The molecule has 0 bridgehead atoms. The molecule has 1 heterocycles. The summed E-state index contributed by atoms with van der Waals surface area (Å²) in [6.45, 7) is 1.82. The number of para-hydroxylation sites is 2. The lowest BCUT2D eigenvalue weighted by molar-refractivity contribution is 0.412. The molecular weight excluding hydrogens is 269 g/mol. The molecule has 3 nitrogen and oxygen atoms in total. The third-order valence-corrected chi connectivity index (χ3v) is 3.51. The number of hydrogen-bond acceptors (Lipinski definition) is 2. The van der Waals surface area contributed by atoms with Crippen LogP contribution in [0.4, 0.5) is 4.39 Å². The van der Waals surface area contributed by atoms with Crippen LogP contribution in [0.25, 0.3) is 16.5 Å². The molecule has 0 atom stereocenters. The van der Waals surface area contributed by atoms with Crippen LogP contribution in [0.3, 0.4) is 0 Å². The van der Waals surface area contributed by atoms with Gasteiger partial charge in [0.1, 0.15) is 11.6 Å². The molecule has 0 N–H and O–H groups in total. The van der Waals surface area contributed by atoms with Crippen molar-refractivity contribution in [3.8, 4) is 11.4 Å². The lowest BCUT2D eigenvalue weighted by Crippen LogP contribution is -2.22. The lowest BCUT2D eigenvalue weighted by atomic mass is 10.1. The van der Waals surface area contributed by atoms with E-state index < -0.39 is 5.82 Å². The first-order chi connectivity index (χ1) is 10.1. The molecular formula is C17H14FNO2. The average molecular weight is 283 g/mol. The van der Waals surface area contributed by atoms with Crippen LogP contribution in [0.5, 0.6) is 5.75 Å². The molecule has 0 aliphatic carbocycles. The van der Waals surface area contributed by atoms with Crippen LogP contribution in [0.1, 0.15) is 5.69 Å². The van der Waals surface area contributed by atoms with Crippen LogP contribution >= 0.6 is 0 Å². The minimum absolute atomic E-state index is 0.0917. The molecule has 3 rings (SSSR count). The van der Waals surface area contributed by atoms with E-state index in [9.17, 15) is 9.18 Å². The van der Waals surface area contributed by atoms with Gasteiger partial charge in [-0.25, -0.2) is 4.39 Å². The highest BCUT2D eigenvalue weighted by atomic mass is 19.1. The van der Waals surface area contributed by atoms with Crippen molar-refractivity contribution in [2.24, 2.45) is 0 Å². The van der Waals surface area contributed by atoms with Crippen LogP contribution in [0.2, 0.25) is 0 Å². The average Bonchev–Trinajstić information content (AvgIpc) is 2.47. The topological polar surface area (TPSA) is 31.2 Å². The maximum atomic E-state index is 14.0. The normalized spacial score (nSPS) is 10.8. The number of nitrogens with zero attached hydrogens (tertiary/aromatic N) is 1. The van der Waals surface area contributed by atoms with Crippen molar-refractivity contribution in [1.82, 2.24) is 4.57 Å². The molecule has 0 saturated heterocycles. The summed E-state index contributed by atoms with van der Waals surface area (Å²) >= 11 is 0. The Morgan fingerprint density at radius 2 is 1.86 bits per heavy atom. The van der Waals surface area contributed by atoms with Crippen molar-refractivity contribution in [1.29, 1.82) is 0 Å². The first kappa shape index (κ1) is 13.4. The molecule has 106 valence electrons. The number of fused-ring (bicyclic) bond motifs is 1. The summed E-state index contributed by atoms with van der Waals surface area (Å²) in [6, 6.07) is 13.6. The predicted octanol–water partition coefficient (Wildman–Crippen LogP) is 3.45. The van der Waals surface area contributed by atoms with Gasteiger partial charge >= 0.3 is 0 Å². The Labute approximate surface area is 121 Å². The van der Waals surface area contributed by atoms with Gasteiger partial charge in [0.05, 0.1) is 18.2 Å². The van der Waals surface area contributed by atoms with Crippen molar-refractivity contribution in [3.63, 3.8) is 0 Å². The van der Waals surface area contributed by atoms with Gasteiger partial charge in [-0.3, -0.25) is 9.36 Å². The van der Waals surface area contributed by atoms with E-state index in [1.807, 2.05) is 19.1 Å². The van der Waals surface area contributed by atoms with Crippen LogP contribution in [0, 0.1) is 12.7 Å². The number of pyridine rings is 1. The molecule has 4 heteroatoms. The molecule has 0 aliphatic rings. The van der Waals surface area contributed by atoms with Gasteiger partial charge in [-0.05, 0) is 36.6 Å². The zero-order chi connectivity index (χ0) is 15.0. The molecule has 0 unspecified atom stereocenters. The number of hydrogen-bond donors (Lipinski definition) is 0. The summed E-state index contributed by atoms with van der Waals surface area (Å²) in [7, 11) is 1.54. The zero-order valence-electron chi connectivity index (χ0n) is 11.8. The Morgan fingerprint density at radius 1 is 1.10 bits per heavy atom. The fraction of sp³-hybridized carbons (Fsp3) is 0.118. The number of benzene rings is 2. The Kier molecular flexibility index (Phi) is 3.22. The highest BCUT2D eigenvalue weighted by Gasteiger charge is 2.14. The van der Waals surface area contributed by atoms with Crippen LogP contribution in [-0.2, 0) is 0 Å². The van der Waals surface area contributed by atoms with Gasteiger partial charge in [0.25, 0.3) is 5.56 Å². The first-order valence-electron chi connectivity index (χ1n) is 6.58. The maximum absolute atomic E-state index is 14.0. The fourth-order valence-electron chi connectivity index (χ4n) is 2.56. The molecule has 0 radical (unpaired) electrons. The minimum atomic E-state index is -0.513. The first-order valence-corrected chi connectivity index (χ1v) is 6.58. The highest BCUT2D eigenvalue weighted by Crippen LogP contribution is 2.24. The third-order valence-electron chi connectivity index (χ3n) is 3.51. The van der Waals surface area contributed by atoms with Gasteiger partial charge in [0, 0.05) is 5.69 Å². The summed E-state index contributed by atoms with van der Waals surface area (Å²) in [5, 5.41) is 0.692. The summed E-state index contributed by atoms with van der Waals surface area (Å²) in [5.74, 6) is 0.0551. The summed E-state index contributed by atoms with van der Waals surface area (Å²) in [6.07, 6.45) is 0. The molecule has 21 heavy (non-hydrogen) atoms. The number of methoxy groups -OCH3 is 1. The van der Waals surface area contributed by atoms with Crippen molar-refractivity contribution in [2.75, 3.05) is 7.11 Å². The second kappa shape index (κ2) is 5.05. The van der Waals surface area contributed by atoms with Gasteiger partial charge in [0.15, 0.2) is 0 Å². The number of halogens is 1. The molecule has 0 fully saturated rings. The van der Waals surface area contributed by atoms with Crippen LogP contribution in [0.15, 0.2) is 53.3 Å². The third kappa shape index (κ3) is 2.09. The quantitative estimate of drug-likeness (QED) is 0.721. The molecule has 0 amide bonds. The second-order valence-electron chi connectivity index (χ2n) is 4.80. The maximum Gasteiger partial charge on any atom is 0.266 e. The summed E-state index contributed by atoms with van der Waals surface area (Å²) in [5.41, 5.74) is 0.947. The second-order valence-corrected chi connectivity index (χ2v) is 4.80. The predicted molar refractivity (Wildman–Crippen MR) is 80.8 cm³/mol. The van der Waals surface area contributed by atoms with Gasteiger partial charge in [-0.2, -0.15) is 0 Å². The highest BCUT2D eigenvalue weighted by molar-refractivity contribution is 5.83. The van der Waals surface area contributed by atoms with E-state index in [-0.39, 0.29) is 10.9 Å². The number of aryl methyl sites for hydroxylation is 1. The largest absolute Gasteiger partial charge is 0.495 e. The van der Waals surface area contributed by atoms with Crippen molar-refractivity contribution in [3.05, 3.63) is 70.4 Å². The van der Waals surface area contributed by atoms with Crippen LogP contribution < -0.4 is 10.3 Å². The Bertz CT molecular complexity index is 884. The lowest BCUT2D eigenvalue weighted by Gasteiger charge is -2.15. The zero-order valence-corrected chi connectivity index (χ0v) is 11.8. The Hall–Kier alpha value is -2.62. The SMILES string of the molecule is COc1ccccc1-n1c(C)cc2cccc(F)c2c1=O. The minimum Gasteiger partial charge on any atom is -0.495 e. The molecule has 0 spiro atoms. The van der Waals surface area contributed by atoms with E-state index in [1.54, 1.807) is 37.4 Å². The number of rotatable bonds is 2. The number of ether oxygens (including phenoxy) is 1. The van der Waals surface area contributed by atoms with Crippen molar-refractivity contribution < 1.29 is 9.13 Å². The van der Waals surface area contributed by atoms with Gasteiger partial charge in [-0.1, -0.05) is 24.3 Å². The molecule has 2 aromatic carbocycles. The van der Waals surface area contributed by atoms with E-state index in [0.29, 0.717) is 16.8 Å². The standard InChI is InChI=1S/C17H14FNO2/c1-11-10-12-6-5-7-13(18)16(12)17(20)19(11)14-8-3-4-9-15(14)21-2/h3-10H,1-2H3. The molecule has 0 saturated carbocycles. The monoisotopic (exact) mass is 283 g/mol. The van der Waals surface area contributed by atoms with Crippen molar-refractivity contribution >= 4 is 10.8 Å². The van der Waals surface area contributed by atoms with E-state index in [4.69, 9.17) is 4.74 Å². The number of aromatic nitrogens is 1. The molecule has 1 aromatic heterocycles. The molecule has 3 aromatic rings. The van der Waals surface area contributed by atoms with Crippen molar-refractivity contribution in [2.45, 2.75) is 6.92 Å². The fourth-order valence-corrected chi connectivity index (χ4v) is 2.56. The van der Waals surface area contributed by atoms with E-state index in [2.05, 4.69) is 0 Å². The summed E-state index contributed by atoms with van der Waals surface area (Å²) < 4.78 is 20.8. The van der Waals surface area contributed by atoms with Gasteiger partial charge in [0.2, 0.25) is 0 Å². The van der Waals surface area contributed by atoms with E-state index in [1.165, 1.54) is 10.6 Å². The summed E-state index contributed by atoms with van der Waals surface area (Å²) in [4.78, 5) is 12.7. The Balaban J connectivity index is 2.44. The smallest absolute Gasteiger partial charge is 0.266 e. The molecule has 0 aliphatic heterocycles. The van der Waals surface area contributed by atoms with E-state index >= 15 is 0 Å². The van der Waals surface area contributed by atoms with Gasteiger partial charge in [-0.15, -0.1) is 0 Å².